The van der Waals surface area contributed by atoms with Crippen molar-refractivity contribution in [1.82, 2.24) is 0 Å². The minimum absolute atomic E-state index is 0.00984. The summed E-state index contributed by atoms with van der Waals surface area (Å²) in [6, 6.07) is 5.87. The van der Waals surface area contributed by atoms with Gasteiger partial charge >= 0.3 is 17.9 Å². The van der Waals surface area contributed by atoms with Crippen molar-refractivity contribution in [2.75, 3.05) is 13.2 Å². The summed E-state index contributed by atoms with van der Waals surface area (Å²) in [4.78, 5) is 35.3. The van der Waals surface area contributed by atoms with Crippen molar-refractivity contribution in [2.45, 2.75) is 20.1 Å². The molecule has 0 aliphatic rings. The van der Waals surface area contributed by atoms with Crippen molar-refractivity contribution in [3.8, 4) is 0 Å². The maximum atomic E-state index is 12.1. The first kappa shape index (κ1) is 18.4. The first-order valence-electron chi connectivity index (χ1n) is 6.81. The third kappa shape index (κ3) is 5.55. The largest absolute Gasteiger partial charge is 0.460 e. The Morgan fingerprint density at radius 1 is 1.13 bits per heavy atom. The van der Waals surface area contributed by atoms with Crippen LogP contribution in [0.25, 0.3) is 0 Å². The highest BCUT2D eigenvalue weighted by atomic mass is 16.7. The number of ether oxygens (including phenoxy) is 3. The van der Waals surface area contributed by atoms with Gasteiger partial charge in [0, 0.05) is 12.5 Å². The van der Waals surface area contributed by atoms with Gasteiger partial charge in [-0.1, -0.05) is 18.7 Å². The molecule has 7 nitrogen and oxygen atoms in total. The average molecular weight is 322 g/mol. The maximum absolute atomic E-state index is 12.1. The molecule has 0 aromatic heterocycles. The Labute approximate surface area is 133 Å². The van der Waals surface area contributed by atoms with E-state index in [0.29, 0.717) is 0 Å². The van der Waals surface area contributed by atoms with E-state index in [1.54, 1.807) is 12.1 Å². The summed E-state index contributed by atoms with van der Waals surface area (Å²) in [5, 5.41) is 8.66. The molecule has 0 fully saturated rings. The lowest BCUT2D eigenvalue weighted by molar-refractivity contribution is -0.160. The van der Waals surface area contributed by atoms with Crippen LogP contribution in [-0.4, -0.2) is 42.5 Å². The SMILES string of the molecule is C=C(C)C(=O)OC(C)OC(=O)c1ccccc1C(=O)OCCO. The molecule has 1 rings (SSSR count). The normalized spacial score (nSPS) is 11.3. The van der Waals surface area contributed by atoms with Gasteiger partial charge in [-0.2, -0.15) is 0 Å². The molecule has 1 atom stereocenters. The van der Waals surface area contributed by atoms with Crippen LogP contribution in [0.2, 0.25) is 0 Å². The summed E-state index contributed by atoms with van der Waals surface area (Å²) >= 11 is 0. The number of hydrogen-bond acceptors (Lipinski definition) is 7. The molecule has 0 saturated heterocycles. The van der Waals surface area contributed by atoms with E-state index < -0.39 is 24.2 Å². The van der Waals surface area contributed by atoms with Gasteiger partial charge in [-0.25, -0.2) is 14.4 Å². The lowest BCUT2D eigenvalue weighted by atomic mass is 10.1. The van der Waals surface area contributed by atoms with E-state index >= 15 is 0 Å². The van der Waals surface area contributed by atoms with Crippen molar-refractivity contribution in [3.05, 3.63) is 47.5 Å². The zero-order chi connectivity index (χ0) is 17.4. The van der Waals surface area contributed by atoms with E-state index in [2.05, 4.69) is 6.58 Å². The summed E-state index contributed by atoms with van der Waals surface area (Å²) in [5.41, 5.74) is 0.124. The molecule has 1 N–H and O–H groups in total. The second-order valence-corrected chi connectivity index (χ2v) is 4.56. The van der Waals surface area contributed by atoms with E-state index in [1.807, 2.05) is 0 Å². The molecule has 7 heteroatoms. The van der Waals surface area contributed by atoms with Crippen LogP contribution in [-0.2, 0) is 19.0 Å². The third-order valence-corrected chi connectivity index (χ3v) is 2.59. The fourth-order valence-electron chi connectivity index (χ4n) is 1.54. The Morgan fingerprint density at radius 2 is 1.70 bits per heavy atom. The van der Waals surface area contributed by atoms with Crippen LogP contribution in [0.5, 0.6) is 0 Å². The number of carbonyl (C=O) groups is 3. The first-order chi connectivity index (χ1) is 10.9. The summed E-state index contributed by atoms with van der Waals surface area (Å²) in [6.07, 6.45) is -1.15. The molecular formula is C16H18O7. The van der Waals surface area contributed by atoms with E-state index in [4.69, 9.17) is 19.3 Å². The average Bonchev–Trinajstić information content (AvgIpc) is 2.52. The molecular weight excluding hydrogens is 304 g/mol. The van der Waals surface area contributed by atoms with Gasteiger partial charge in [0.05, 0.1) is 17.7 Å². The van der Waals surface area contributed by atoms with Gasteiger partial charge in [-0.15, -0.1) is 0 Å². The standard InChI is InChI=1S/C16H18O7/c1-10(2)14(18)22-11(3)23-16(20)13-7-5-4-6-12(13)15(19)21-9-8-17/h4-7,11,17H,1,8-9H2,2-3H3. The summed E-state index contributed by atoms with van der Waals surface area (Å²) in [6.45, 7) is 5.73. The number of aliphatic hydroxyl groups is 1. The van der Waals surface area contributed by atoms with Gasteiger partial charge in [-0.3, -0.25) is 0 Å². The van der Waals surface area contributed by atoms with E-state index in [0.717, 1.165) is 0 Å². The number of aliphatic hydroxyl groups excluding tert-OH is 1. The van der Waals surface area contributed by atoms with Crippen LogP contribution in [0.1, 0.15) is 34.6 Å². The minimum Gasteiger partial charge on any atom is -0.460 e. The van der Waals surface area contributed by atoms with Gasteiger partial charge in [0.1, 0.15) is 6.61 Å². The number of carbonyl (C=O) groups excluding carboxylic acids is 3. The molecule has 1 unspecified atom stereocenters. The van der Waals surface area contributed by atoms with Gasteiger partial charge in [0.25, 0.3) is 0 Å². The van der Waals surface area contributed by atoms with Crippen molar-refractivity contribution in [1.29, 1.82) is 0 Å². The highest BCUT2D eigenvalue weighted by molar-refractivity contribution is 6.03. The monoisotopic (exact) mass is 322 g/mol. The fourth-order valence-corrected chi connectivity index (χ4v) is 1.54. The van der Waals surface area contributed by atoms with E-state index in [1.165, 1.54) is 26.0 Å². The summed E-state index contributed by atoms with van der Waals surface area (Å²) in [7, 11) is 0. The lowest BCUT2D eigenvalue weighted by Crippen LogP contribution is -2.23. The van der Waals surface area contributed by atoms with Crippen molar-refractivity contribution in [3.63, 3.8) is 0 Å². The van der Waals surface area contributed by atoms with Crippen molar-refractivity contribution in [2.24, 2.45) is 0 Å². The van der Waals surface area contributed by atoms with Crippen molar-refractivity contribution < 1.29 is 33.7 Å². The van der Waals surface area contributed by atoms with Gasteiger partial charge < -0.3 is 19.3 Å². The molecule has 1 aromatic carbocycles. The third-order valence-electron chi connectivity index (χ3n) is 2.59. The van der Waals surface area contributed by atoms with Gasteiger partial charge in [-0.05, 0) is 19.1 Å². The molecule has 0 saturated carbocycles. The molecule has 0 aliphatic heterocycles. The molecule has 23 heavy (non-hydrogen) atoms. The Morgan fingerprint density at radius 3 is 2.22 bits per heavy atom. The van der Waals surface area contributed by atoms with Crippen LogP contribution < -0.4 is 0 Å². The summed E-state index contributed by atoms with van der Waals surface area (Å²) in [5.74, 6) is -2.30. The maximum Gasteiger partial charge on any atom is 0.342 e. The molecule has 0 aliphatic carbocycles. The van der Waals surface area contributed by atoms with E-state index in [-0.39, 0.29) is 29.9 Å². The predicted octanol–water partition coefficient (Wildman–Crippen LogP) is 1.46. The van der Waals surface area contributed by atoms with Gasteiger partial charge in [0.15, 0.2) is 0 Å². The Bertz CT molecular complexity index is 606. The minimum atomic E-state index is -1.15. The zero-order valence-corrected chi connectivity index (χ0v) is 12.9. The smallest absolute Gasteiger partial charge is 0.342 e. The Kier molecular flexibility index (Phi) is 6.95. The summed E-state index contributed by atoms with van der Waals surface area (Å²) < 4.78 is 14.6. The highest BCUT2D eigenvalue weighted by Gasteiger charge is 2.22. The van der Waals surface area contributed by atoms with Crippen LogP contribution >= 0.6 is 0 Å². The topological polar surface area (TPSA) is 99.1 Å². The number of esters is 3. The van der Waals surface area contributed by atoms with Crippen LogP contribution in [0.4, 0.5) is 0 Å². The molecule has 0 radical (unpaired) electrons. The molecule has 0 spiro atoms. The van der Waals surface area contributed by atoms with Gasteiger partial charge in [0.2, 0.25) is 6.29 Å². The molecule has 1 aromatic rings. The zero-order valence-electron chi connectivity index (χ0n) is 12.9. The van der Waals surface area contributed by atoms with Crippen LogP contribution in [0.15, 0.2) is 36.4 Å². The number of hydrogen-bond donors (Lipinski definition) is 1. The fraction of sp³-hybridized carbons (Fsp3) is 0.312. The second kappa shape index (κ2) is 8.70. The van der Waals surface area contributed by atoms with Crippen LogP contribution in [0, 0.1) is 0 Å². The first-order valence-corrected chi connectivity index (χ1v) is 6.81. The predicted molar refractivity (Wildman–Crippen MR) is 79.6 cm³/mol. The Balaban J connectivity index is 2.82. The Hall–Kier alpha value is -2.67. The highest BCUT2D eigenvalue weighted by Crippen LogP contribution is 2.13. The lowest BCUT2D eigenvalue weighted by Gasteiger charge is -2.15. The van der Waals surface area contributed by atoms with Crippen LogP contribution in [0.3, 0.4) is 0 Å². The quantitative estimate of drug-likeness (QED) is 0.461. The van der Waals surface area contributed by atoms with Crippen molar-refractivity contribution >= 4 is 17.9 Å². The van der Waals surface area contributed by atoms with E-state index in [9.17, 15) is 14.4 Å². The molecule has 0 bridgehead atoms. The molecule has 0 heterocycles. The number of benzene rings is 1. The molecule has 0 amide bonds. The molecule has 124 valence electrons. The second-order valence-electron chi connectivity index (χ2n) is 4.56. The number of rotatable bonds is 7.